The minimum Gasteiger partial charge on any atom is -0.481 e. The lowest BCUT2D eigenvalue weighted by molar-refractivity contribution is -0.137. The molecule has 1 aromatic carbocycles. The van der Waals surface area contributed by atoms with Gasteiger partial charge in [0.1, 0.15) is 0 Å². The number of unbranched alkanes of at least 4 members (excludes halogenated alkanes) is 3. The number of nitroso groups, excluding NO2 is 1. The van der Waals surface area contributed by atoms with Gasteiger partial charge in [0, 0.05) is 6.42 Å². The molecular weight excluding hydrogens is 370 g/mol. The fourth-order valence-electron chi connectivity index (χ4n) is 4.62. The molecule has 3 N–H and O–H groups in total. The first-order valence-electron chi connectivity index (χ1n) is 11.0. The Morgan fingerprint density at radius 3 is 2.45 bits per heavy atom. The highest BCUT2D eigenvalue weighted by Crippen LogP contribution is 2.40. The highest BCUT2D eigenvalue weighted by Gasteiger charge is 2.42. The Labute approximate surface area is 173 Å². The molecule has 6 heteroatoms. The van der Waals surface area contributed by atoms with Crippen LogP contribution in [0.1, 0.15) is 69.8 Å². The molecule has 0 aromatic heterocycles. The minimum atomic E-state index is -0.762. The summed E-state index contributed by atoms with van der Waals surface area (Å²) < 4.78 is 0. The fourth-order valence-corrected chi connectivity index (χ4v) is 4.62. The zero-order valence-corrected chi connectivity index (χ0v) is 17.2. The van der Waals surface area contributed by atoms with Crippen LogP contribution in [0.3, 0.4) is 0 Å². The largest absolute Gasteiger partial charge is 0.481 e. The molecule has 0 bridgehead atoms. The lowest BCUT2D eigenvalue weighted by atomic mass is 9.84. The number of benzene rings is 1. The number of carboxylic acids is 1. The molecule has 0 radical (unpaired) electrons. The summed E-state index contributed by atoms with van der Waals surface area (Å²) in [4.78, 5) is 21.8. The Morgan fingerprint density at radius 1 is 1.03 bits per heavy atom. The molecule has 0 amide bonds. The summed E-state index contributed by atoms with van der Waals surface area (Å²) in [5.41, 5.74) is 1.20. The van der Waals surface area contributed by atoms with E-state index in [0.717, 1.165) is 32.1 Å². The summed E-state index contributed by atoms with van der Waals surface area (Å²) in [7, 11) is 0. The smallest absolute Gasteiger partial charge is 0.303 e. The summed E-state index contributed by atoms with van der Waals surface area (Å²) in [6.07, 6.45) is 6.74. The number of hydrogen-bond acceptors (Lipinski definition) is 5. The van der Waals surface area contributed by atoms with Crippen LogP contribution in [-0.2, 0) is 11.2 Å². The maximum atomic E-state index is 11.3. The predicted octanol–water partition coefficient (Wildman–Crippen LogP) is 4.32. The Bertz CT molecular complexity index is 609. The van der Waals surface area contributed by atoms with Gasteiger partial charge in [-0.25, -0.2) is 0 Å². The van der Waals surface area contributed by atoms with Crippen LogP contribution >= 0.6 is 0 Å². The minimum absolute atomic E-state index is 0.0212. The van der Waals surface area contributed by atoms with E-state index < -0.39 is 18.2 Å². The SMILES string of the molecule is O=NC1C[C@H](O)[C@H](CCCCCCC(=O)O)[C@H]1CC[C@@H](O)CCc1ccccc1. The van der Waals surface area contributed by atoms with Crippen molar-refractivity contribution in [2.24, 2.45) is 17.0 Å². The molecule has 0 spiro atoms. The zero-order valence-electron chi connectivity index (χ0n) is 17.2. The van der Waals surface area contributed by atoms with Crippen molar-refractivity contribution in [3.8, 4) is 0 Å². The van der Waals surface area contributed by atoms with E-state index in [1.54, 1.807) is 0 Å². The molecule has 1 saturated carbocycles. The summed E-state index contributed by atoms with van der Waals surface area (Å²) in [5, 5.41) is 32.7. The normalized spacial score (nSPS) is 25.0. The molecule has 0 heterocycles. The van der Waals surface area contributed by atoms with Crippen LogP contribution in [0.25, 0.3) is 0 Å². The molecule has 1 aliphatic carbocycles. The van der Waals surface area contributed by atoms with E-state index in [4.69, 9.17) is 5.11 Å². The lowest BCUT2D eigenvalue weighted by Crippen LogP contribution is -2.23. The third kappa shape index (κ3) is 8.23. The van der Waals surface area contributed by atoms with Gasteiger partial charge >= 0.3 is 5.97 Å². The molecule has 2 rings (SSSR count). The summed E-state index contributed by atoms with van der Waals surface area (Å²) in [6, 6.07) is 9.70. The van der Waals surface area contributed by atoms with Gasteiger partial charge in [-0.3, -0.25) is 4.79 Å². The van der Waals surface area contributed by atoms with E-state index in [1.165, 1.54) is 5.56 Å². The van der Waals surface area contributed by atoms with E-state index in [0.29, 0.717) is 32.1 Å². The van der Waals surface area contributed by atoms with Crippen molar-refractivity contribution in [1.29, 1.82) is 0 Å². The van der Waals surface area contributed by atoms with Crippen LogP contribution < -0.4 is 0 Å². The summed E-state index contributed by atoms with van der Waals surface area (Å²) in [5.74, 6) is -0.701. The molecular formula is C23H35NO5. The average Bonchev–Trinajstić information content (AvgIpc) is 3.02. The van der Waals surface area contributed by atoms with Crippen molar-refractivity contribution in [2.45, 2.75) is 88.9 Å². The quantitative estimate of drug-likeness (QED) is 0.316. The second-order valence-corrected chi connectivity index (χ2v) is 8.41. The number of aryl methyl sites for hydroxylation is 1. The van der Waals surface area contributed by atoms with Crippen molar-refractivity contribution in [3.05, 3.63) is 40.8 Å². The first-order chi connectivity index (χ1) is 14.0. The van der Waals surface area contributed by atoms with Crippen LogP contribution in [0, 0.1) is 16.7 Å². The number of aliphatic hydroxyl groups is 2. The van der Waals surface area contributed by atoms with E-state index in [2.05, 4.69) is 17.3 Å². The Hall–Kier alpha value is -1.79. The molecule has 6 nitrogen and oxygen atoms in total. The zero-order chi connectivity index (χ0) is 21.1. The van der Waals surface area contributed by atoms with E-state index in [1.807, 2.05) is 18.2 Å². The number of nitrogens with zero attached hydrogens (tertiary/aromatic N) is 1. The molecule has 0 saturated heterocycles. The van der Waals surface area contributed by atoms with Gasteiger partial charge in [-0.15, -0.1) is 0 Å². The van der Waals surface area contributed by atoms with Gasteiger partial charge in [0.2, 0.25) is 0 Å². The number of carboxylic acid groups (broad SMARTS) is 1. The lowest BCUT2D eigenvalue weighted by Gasteiger charge is -2.24. The Balaban J connectivity index is 1.75. The molecule has 1 aromatic rings. The van der Waals surface area contributed by atoms with Crippen LogP contribution in [0.5, 0.6) is 0 Å². The molecule has 29 heavy (non-hydrogen) atoms. The maximum Gasteiger partial charge on any atom is 0.303 e. The van der Waals surface area contributed by atoms with Crippen LogP contribution in [-0.4, -0.2) is 39.5 Å². The highest BCUT2D eigenvalue weighted by molar-refractivity contribution is 5.66. The van der Waals surface area contributed by atoms with Crippen molar-refractivity contribution in [2.75, 3.05) is 0 Å². The molecule has 0 aliphatic heterocycles. The van der Waals surface area contributed by atoms with Crippen molar-refractivity contribution >= 4 is 5.97 Å². The van der Waals surface area contributed by atoms with Gasteiger partial charge in [-0.05, 0) is 62.3 Å². The second kappa shape index (κ2) is 12.7. The number of aliphatic hydroxyl groups excluding tert-OH is 2. The monoisotopic (exact) mass is 405 g/mol. The molecule has 162 valence electrons. The summed E-state index contributed by atoms with van der Waals surface area (Å²) >= 11 is 0. The van der Waals surface area contributed by atoms with Crippen LogP contribution in [0.4, 0.5) is 0 Å². The van der Waals surface area contributed by atoms with Crippen LogP contribution in [0.15, 0.2) is 35.5 Å². The number of hydrogen-bond donors (Lipinski definition) is 3. The Kier molecular flexibility index (Phi) is 10.3. The Morgan fingerprint density at radius 2 is 1.76 bits per heavy atom. The molecule has 1 aliphatic rings. The third-order valence-electron chi connectivity index (χ3n) is 6.28. The number of carbonyl (C=O) groups is 1. The van der Waals surface area contributed by atoms with Gasteiger partial charge < -0.3 is 15.3 Å². The van der Waals surface area contributed by atoms with Crippen LogP contribution in [0.2, 0.25) is 0 Å². The van der Waals surface area contributed by atoms with Gasteiger partial charge in [-0.2, -0.15) is 4.91 Å². The second-order valence-electron chi connectivity index (χ2n) is 8.41. The molecule has 5 atom stereocenters. The number of aliphatic carboxylic acids is 1. The van der Waals surface area contributed by atoms with Crippen molar-refractivity contribution in [3.63, 3.8) is 0 Å². The number of rotatable bonds is 14. The van der Waals surface area contributed by atoms with E-state index in [9.17, 15) is 19.9 Å². The first-order valence-corrected chi connectivity index (χ1v) is 11.0. The van der Waals surface area contributed by atoms with Crippen molar-refractivity contribution in [1.82, 2.24) is 0 Å². The predicted molar refractivity (Wildman–Crippen MR) is 113 cm³/mol. The van der Waals surface area contributed by atoms with Crippen molar-refractivity contribution < 1.29 is 20.1 Å². The van der Waals surface area contributed by atoms with Gasteiger partial charge in [0.05, 0.1) is 18.2 Å². The standard InChI is InChI=1S/C23H35NO5/c25-18(13-12-17-8-4-3-5-9-17)14-15-19-20(22(26)16-21(19)24-29)10-6-1-2-7-11-23(27)28/h3-5,8-9,18-22,25-26H,1-2,6-7,10-16H2,(H,27,28)/t18-,19+,20+,21?,22-/m0/s1. The van der Waals surface area contributed by atoms with Gasteiger partial charge in [0.15, 0.2) is 0 Å². The molecule has 1 unspecified atom stereocenters. The third-order valence-corrected chi connectivity index (χ3v) is 6.28. The fraction of sp³-hybridized carbons (Fsp3) is 0.696. The average molecular weight is 406 g/mol. The first kappa shape index (κ1) is 23.5. The topological polar surface area (TPSA) is 107 Å². The van der Waals surface area contributed by atoms with E-state index in [-0.39, 0.29) is 24.3 Å². The molecule has 1 fully saturated rings. The maximum absolute atomic E-state index is 11.3. The highest BCUT2D eigenvalue weighted by atomic mass is 16.4. The van der Waals surface area contributed by atoms with Gasteiger partial charge in [-0.1, -0.05) is 54.8 Å². The summed E-state index contributed by atoms with van der Waals surface area (Å²) in [6.45, 7) is 0. The van der Waals surface area contributed by atoms with E-state index >= 15 is 0 Å². The van der Waals surface area contributed by atoms with Gasteiger partial charge in [0.25, 0.3) is 0 Å².